The summed E-state index contributed by atoms with van der Waals surface area (Å²) >= 11 is 0. The van der Waals surface area contributed by atoms with Gasteiger partial charge < -0.3 is 9.55 Å². The van der Waals surface area contributed by atoms with Gasteiger partial charge in [-0.25, -0.2) is 8.42 Å². The van der Waals surface area contributed by atoms with Crippen molar-refractivity contribution in [3.8, 4) is 0 Å². The van der Waals surface area contributed by atoms with Crippen LogP contribution in [0.15, 0.2) is 58.5 Å². The second-order valence-corrected chi connectivity index (χ2v) is 10.4. The van der Waals surface area contributed by atoms with Gasteiger partial charge in [0.2, 0.25) is 9.84 Å². The number of aryl methyl sites for hydroxylation is 1. The Morgan fingerprint density at radius 2 is 1.77 bits per heavy atom. The van der Waals surface area contributed by atoms with Crippen molar-refractivity contribution in [2.45, 2.75) is 41.1 Å². The van der Waals surface area contributed by atoms with Gasteiger partial charge in [-0.1, -0.05) is 0 Å². The van der Waals surface area contributed by atoms with E-state index in [1.165, 1.54) is 17.7 Å². The van der Waals surface area contributed by atoms with Crippen molar-refractivity contribution in [2.75, 3.05) is 7.05 Å². The molecule has 0 radical (unpaired) electrons. The summed E-state index contributed by atoms with van der Waals surface area (Å²) in [6, 6.07) is 13.8. The Morgan fingerprint density at radius 1 is 1.00 bits per heavy atom. The summed E-state index contributed by atoms with van der Waals surface area (Å²) in [5, 5.41) is 1.99. The number of hydrogen-bond acceptors (Lipinski definition) is 3. The van der Waals surface area contributed by atoms with E-state index in [-0.39, 0.29) is 12.4 Å². The van der Waals surface area contributed by atoms with Crippen LogP contribution in [-0.4, -0.2) is 36.0 Å². The lowest BCUT2D eigenvalue weighted by molar-refractivity contribution is 0.222. The third kappa shape index (κ3) is 2.54. The van der Waals surface area contributed by atoms with Gasteiger partial charge in [0.1, 0.15) is 0 Å². The average Bonchev–Trinajstić information content (AvgIpc) is 3.35. The van der Waals surface area contributed by atoms with Crippen molar-refractivity contribution in [1.29, 1.82) is 0 Å². The molecule has 0 spiro atoms. The molecule has 0 aliphatic carbocycles. The molecule has 2 unspecified atom stereocenters. The van der Waals surface area contributed by atoms with Gasteiger partial charge in [0.25, 0.3) is 0 Å². The first kappa shape index (κ1) is 19.7. The zero-order valence-electron chi connectivity index (χ0n) is 16.9. The van der Waals surface area contributed by atoms with Crippen molar-refractivity contribution in [3.63, 3.8) is 0 Å². The number of sulfone groups is 1. The average molecular weight is 442 g/mol. The maximum Gasteiger partial charge on any atom is 0.206 e. The molecule has 7 heteroatoms. The highest BCUT2D eigenvalue weighted by Gasteiger charge is 2.40. The number of fused-ring (bicyclic) bond motifs is 7. The van der Waals surface area contributed by atoms with Gasteiger partial charge in [-0.15, -0.1) is 12.4 Å². The molecule has 6 rings (SSSR count). The Hall–Kier alpha value is -2.28. The van der Waals surface area contributed by atoms with E-state index in [4.69, 9.17) is 0 Å². The lowest BCUT2D eigenvalue weighted by Crippen LogP contribution is -2.34. The zero-order chi connectivity index (χ0) is 19.9. The molecule has 2 bridgehead atoms. The van der Waals surface area contributed by atoms with Crippen molar-refractivity contribution < 1.29 is 8.42 Å². The van der Waals surface area contributed by atoms with Gasteiger partial charge in [-0.2, -0.15) is 0 Å². The highest BCUT2D eigenvalue weighted by atomic mass is 35.5. The largest absolute Gasteiger partial charge is 0.361 e. The summed E-state index contributed by atoms with van der Waals surface area (Å²) in [5.74, 6) is 0. The van der Waals surface area contributed by atoms with Crippen molar-refractivity contribution in [2.24, 2.45) is 7.05 Å². The van der Waals surface area contributed by atoms with Crippen LogP contribution in [0.5, 0.6) is 0 Å². The van der Waals surface area contributed by atoms with E-state index in [0.717, 1.165) is 34.6 Å². The van der Waals surface area contributed by atoms with Gasteiger partial charge >= 0.3 is 0 Å². The predicted octanol–water partition coefficient (Wildman–Crippen LogP) is 4.61. The van der Waals surface area contributed by atoms with Crippen LogP contribution in [0.25, 0.3) is 21.8 Å². The Labute approximate surface area is 182 Å². The minimum absolute atomic E-state index is 0. The van der Waals surface area contributed by atoms with E-state index in [1.54, 1.807) is 18.2 Å². The normalized spacial score (nSPS) is 21.1. The molecule has 156 valence electrons. The smallest absolute Gasteiger partial charge is 0.206 e. The van der Waals surface area contributed by atoms with Crippen LogP contribution in [-0.2, 0) is 23.3 Å². The number of hydrogen-bond donors (Lipinski definition) is 1. The van der Waals surface area contributed by atoms with Crippen LogP contribution in [0.1, 0.15) is 30.1 Å². The summed E-state index contributed by atoms with van der Waals surface area (Å²) in [4.78, 5) is 6.30. The molecule has 2 aliphatic rings. The van der Waals surface area contributed by atoms with Crippen LogP contribution in [0, 0.1) is 0 Å². The van der Waals surface area contributed by atoms with Gasteiger partial charge in [-0.05, 0) is 67.9 Å². The Kier molecular flexibility index (Phi) is 4.33. The third-order valence-electron chi connectivity index (χ3n) is 7.08. The molecular weight excluding hydrogens is 418 g/mol. The third-order valence-corrected chi connectivity index (χ3v) is 8.83. The predicted molar refractivity (Wildman–Crippen MR) is 121 cm³/mol. The summed E-state index contributed by atoms with van der Waals surface area (Å²) in [6.07, 6.45) is 5.23. The van der Waals surface area contributed by atoms with E-state index < -0.39 is 9.84 Å². The lowest BCUT2D eigenvalue weighted by Gasteiger charge is -2.32. The molecule has 1 N–H and O–H groups in total. The van der Waals surface area contributed by atoms with E-state index in [9.17, 15) is 8.42 Å². The van der Waals surface area contributed by atoms with Crippen molar-refractivity contribution in [1.82, 2.24) is 14.5 Å². The monoisotopic (exact) mass is 441 g/mol. The first-order valence-corrected chi connectivity index (χ1v) is 11.6. The van der Waals surface area contributed by atoms with Gasteiger partial charge in [0.15, 0.2) is 0 Å². The molecule has 2 atom stereocenters. The van der Waals surface area contributed by atoms with Crippen LogP contribution in [0.3, 0.4) is 0 Å². The molecule has 1 saturated heterocycles. The number of benzene rings is 2. The zero-order valence-corrected chi connectivity index (χ0v) is 18.6. The standard InChI is InChI=1S/C23H23N3O2S.ClH/c1-25-15-3-7-21(25)23-18-13-17(5-8-20(18)26(2)22(23)12-15)29(27,28)16-4-6-19-14(11-16)9-10-24-19;/h4-6,8-11,13,15,21,24H,3,7,12H2,1-2H3;1H. The number of likely N-dealkylation sites (N-methyl/N-ethyl adjacent to an activating group) is 1. The second kappa shape index (κ2) is 6.61. The summed E-state index contributed by atoms with van der Waals surface area (Å²) < 4.78 is 29.1. The van der Waals surface area contributed by atoms with Crippen molar-refractivity contribution in [3.05, 3.63) is 59.9 Å². The fourth-order valence-electron chi connectivity index (χ4n) is 5.45. The Morgan fingerprint density at radius 3 is 2.60 bits per heavy atom. The van der Waals surface area contributed by atoms with E-state index in [0.29, 0.717) is 21.9 Å². The lowest BCUT2D eigenvalue weighted by atomic mass is 9.97. The minimum atomic E-state index is -3.58. The minimum Gasteiger partial charge on any atom is -0.361 e. The van der Waals surface area contributed by atoms with Gasteiger partial charge in [0, 0.05) is 59.2 Å². The topological polar surface area (TPSA) is 58.1 Å². The number of nitrogens with zero attached hydrogens (tertiary/aromatic N) is 2. The summed E-state index contributed by atoms with van der Waals surface area (Å²) in [6.45, 7) is 0. The van der Waals surface area contributed by atoms with Crippen LogP contribution >= 0.6 is 12.4 Å². The van der Waals surface area contributed by atoms with Crippen molar-refractivity contribution >= 4 is 44.1 Å². The molecule has 0 amide bonds. The second-order valence-electron chi connectivity index (χ2n) is 8.45. The number of halogens is 1. The number of aromatic amines is 1. The van der Waals surface area contributed by atoms with Gasteiger partial charge in [0.05, 0.1) is 9.79 Å². The molecule has 2 aromatic heterocycles. The summed E-state index contributed by atoms with van der Waals surface area (Å²) in [7, 11) is 0.735. The summed E-state index contributed by atoms with van der Waals surface area (Å²) in [5.41, 5.74) is 4.76. The molecule has 2 aliphatic heterocycles. The van der Waals surface area contributed by atoms with Gasteiger partial charge in [-0.3, -0.25) is 4.90 Å². The number of aromatic nitrogens is 2. The Balaban J connectivity index is 0.00000193. The molecule has 0 saturated carbocycles. The molecular formula is C23H24ClN3O2S. The number of nitrogens with one attached hydrogen (secondary N) is 1. The van der Waals surface area contributed by atoms with E-state index in [2.05, 4.69) is 28.5 Å². The quantitative estimate of drug-likeness (QED) is 0.494. The van der Waals surface area contributed by atoms with Crippen LogP contribution in [0.2, 0.25) is 0 Å². The van der Waals surface area contributed by atoms with E-state index >= 15 is 0 Å². The molecule has 4 aromatic rings. The maximum absolute atomic E-state index is 13.4. The van der Waals surface area contributed by atoms with E-state index in [1.807, 2.05) is 30.5 Å². The maximum atomic E-state index is 13.4. The first-order valence-electron chi connectivity index (χ1n) is 10.1. The van der Waals surface area contributed by atoms with Crippen LogP contribution < -0.4 is 0 Å². The molecule has 5 nitrogen and oxygen atoms in total. The fourth-order valence-corrected chi connectivity index (χ4v) is 6.78. The first-order chi connectivity index (χ1) is 13.9. The van der Waals surface area contributed by atoms with Crippen LogP contribution in [0.4, 0.5) is 0 Å². The Bertz CT molecular complexity index is 1400. The number of rotatable bonds is 2. The molecule has 1 fully saturated rings. The number of H-pyrrole nitrogens is 1. The highest BCUT2D eigenvalue weighted by Crippen LogP contribution is 2.47. The highest BCUT2D eigenvalue weighted by molar-refractivity contribution is 7.91. The molecule has 2 aromatic carbocycles. The fraction of sp³-hybridized carbons (Fsp3) is 0.304. The molecule has 30 heavy (non-hydrogen) atoms. The SMILES string of the molecule is CN1C2CCC1c1c(n(C)c3ccc(S(=O)(=O)c4ccc5[nH]ccc5c4)cc13)C2.Cl. The molecule has 4 heterocycles.